The molecule has 1 saturated carbocycles. The van der Waals surface area contributed by atoms with Gasteiger partial charge >= 0.3 is 0 Å². The topological polar surface area (TPSA) is 38.5 Å². The molecule has 3 fully saturated rings. The molecule has 3 aliphatic rings. The van der Waals surface area contributed by atoms with E-state index in [1.165, 1.54) is 13.0 Å². The predicted octanol–water partition coefficient (Wildman–Crippen LogP) is -0.582. The van der Waals surface area contributed by atoms with E-state index in [-0.39, 0.29) is 5.54 Å². The number of hydrogen-bond acceptors (Lipinski definition) is 3. The van der Waals surface area contributed by atoms with Crippen molar-refractivity contribution in [2.45, 2.75) is 18.0 Å². The van der Waals surface area contributed by atoms with Crippen molar-refractivity contribution in [3.8, 4) is 0 Å². The van der Waals surface area contributed by atoms with Gasteiger partial charge in [-0.3, -0.25) is 4.90 Å². The van der Waals surface area contributed by atoms with Gasteiger partial charge in [-0.1, -0.05) is 0 Å². The van der Waals surface area contributed by atoms with Crippen LogP contribution in [0.15, 0.2) is 0 Å². The van der Waals surface area contributed by atoms with Crippen LogP contribution in [-0.2, 0) is 4.74 Å². The molecule has 3 rings (SSSR count). The summed E-state index contributed by atoms with van der Waals surface area (Å²) in [5.41, 5.74) is 6.29. The molecule has 0 bridgehead atoms. The maximum absolute atomic E-state index is 6.08. The van der Waals surface area contributed by atoms with Gasteiger partial charge in [-0.15, -0.1) is 0 Å². The Morgan fingerprint density at radius 2 is 2.27 bits per heavy atom. The van der Waals surface area contributed by atoms with Crippen LogP contribution in [0.1, 0.15) is 6.42 Å². The van der Waals surface area contributed by atoms with Gasteiger partial charge in [0.25, 0.3) is 0 Å². The smallest absolute Gasteiger partial charge is 0.0645 e. The molecule has 2 N–H and O–H groups in total. The summed E-state index contributed by atoms with van der Waals surface area (Å²) in [6.45, 7) is 4.21. The highest BCUT2D eigenvalue weighted by Gasteiger charge is 2.58. The Bertz CT molecular complexity index is 193. The lowest BCUT2D eigenvalue weighted by Gasteiger charge is -2.35. The van der Waals surface area contributed by atoms with Gasteiger partial charge in [-0.05, 0) is 12.3 Å². The number of rotatable bonds is 1. The predicted molar refractivity (Wildman–Crippen MR) is 41.2 cm³/mol. The normalized spacial score (nSPS) is 50.5. The molecule has 0 aromatic heterocycles. The van der Waals surface area contributed by atoms with Crippen molar-refractivity contribution in [3.05, 3.63) is 0 Å². The third-order valence-corrected chi connectivity index (χ3v) is 3.37. The number of likely N-dealkylation sites (tertiary alicyclic amines) is 1. The van der Waals surface area contributed by atoms with Crippen LogP contribution in [0.2, 0.25) is 0 Å². The van der Waals surface area contributed by atoms with Gasteiger partial charge in [-0.25, -0.2) is 0 Å². The van der Waals surface area contributed by atoms with Crippen LogP contribution in [0, 0.1) is 5.92 Å². The van der Waals surface area contributed by atoms with E-state index >= 15 is 0 Å². The zero-order valence-corrected chi connectivity index (χ0v) is 6.62. The van der Waals surface area contributed by atoms with Gasteiger partial charge < -0.3 is 10.5 Å². The van der Waals surface area contributed by atoms with E-state index in [1.807, 2.05) is 0 Å². The van der Waals surface area contributed by atoms with Crippen LogP contribution in [0.3, 0.4) is 0 Å². The lowest BCUT2D eigenvalue weighted by Crippen LogP contribution is -2.50. The first-order chi connectivity index (χ1) is 5.28. The van der Waals surface area contributed by atoms with Crippen LogP contribution in [-0.4, -0.2) is 42.8 Å². The molecule has 2 unspecified atom stereocenters. The van der Waals surface area contributed by atoms with Gasteiger partial charge in [0.05, 0.1) is 19.3 Å². The van der Waals surface area contributed by atoms with Crippen molar-refractivity contribution in [2.24, 2.45) is 11.7 Å². The first-order valence-electron chi connectivity index (χ1n) is 4.39. The van der Waals surface area contributed by atoms with E-state index in [0.29, 0.717) is 6.04 Å². The molecule has 2 heterocycles. The summed E-state index contributed by atoms with van der Waals surface area (Å²) in [6.07, 6.45) is 1.26. The van der Waals surface area contributed by atoms with E-state index < -0.39 is 0 Å². The van der Waals surface area contributed by atoms with Crippen molar-refractivity contribution in [1.29, 1.82) is 0 Å². The van der Waals surface area contributed by atoms with Crippen LogP contribution < -0.4 is 5.73 Å². The van der Waals surface area contributed by atoms with Gasteiger partial charge in [0, 0.05) is 18.6 Å². The fraction of sp³-hybridized carbons (Fsp3) is 1.00. The number of fused-ring (bicyclic) bond motifs is 1. The maximum atomic E-state index is 6.08. The number of nitrogens with two attached hydrogens (primary N) is 1. The minimum absolute atomic E-state index is 0.218. The Kier molecular flexibility index (Phi) is 1.04. The molecule has 3 heteroatoms. The first-order valence-corrected chi connectivity index (χ1v) is 4.39. The Balaban J connectivity index is 1.66. The zero-order valence-electron chi connectivity index (χ0n) is 6.62. The summed E-state index contributed by atoms with van der Waals surface area (Å²) in [6, 6.07) is 0.697. The monoisotopic (exact) mass is 154 g/mol. The highest BCUT2D eigenvalue weighted by Crippen LogP contribution is 2.48. The zero-order chi connectivity index (χ0) is 7.47. The highest BCUT2D eigenvalue weighted by atomic mass is 16.5. The second-order valence-corrected chi connectivity index (χ2v) is 4.25. The average molecular weight is 154 g/mol. The lowest BCUT2D eigenvalue weighted by molar-refractivity contribution is -0.0609. The summed E-state index contributed by atoms with van der Waals surface area (Å²) in [4.78, 5) is 2.50. The molecule has 0 aromatic carbocycles. The van der Waals surface area contributed by atoms with Gasteiger partial charge in [0.15, 0.2) is 0 Å². The second-order valence-electron chi connectivity index (χ2n) is 4.25. The highest BCUT2D eigenvalue weighted by molar-refractivity contribution is 5.16. The van der Waals surface area contributed by atoms with Gasteiger partial charge in [0.2, 0.25) is 0 Å². The molecular weight excluding hydrogens is 140 g/mol. The number of ether oxygens (including phenoxy) is 1. The van der Waals surface area contributed by atoms with Gasteiger partial charge in [-0.2, -0.15) is 0 Å². The summed E-state index contributed by atoms with van der Waals surface area (Å²) in [7, 11) is 0. The summed E-state index contributed by atoms with van der Waals surface area (Å²) in [5.74, 6) is 0.808. The van der Waals surface area contributed by atoms with E-state index in [9.17, 15) is 0 Å². The summed E-state index contributed by atoms with van der Waals surface area (Å²) in [5, 5.41) is 0. The Morgan fingerprint density at radius 1 is 1.45 bits per heavy atom. The minimum atomic E-state index is 0.218. The minimum Gasteiger partial charge on any atom is -0.378 e. The molecular formula is C8H14N2O. The van der Waals surface area contributed by atoms with E-state index in [1.54, 1.807) is 0 Å². The Morgan fingerprint density at radius 3 is 2.73 bits per heavy atom. The number of piperidine rings is 1. The van der Waals surface area contributed by atoms with Crippen LogP contribution >= 0.6 is 0 Å². The molecule has 0 radical (unpaired) electrons. The largest absolute Gasteiger partial charge is 0.378 e. The lowest BCUT2D eigenvalue weighted by atomic mass is 10.2. The molecule has 2 atom stereocenters. The van der Waals surface area contributed by atoms with Crippen LogP contribution in [0.4, 0.5) is 0 Å². The number of hydrogen-bond donors (Lipinski definition) is 1. The van der Waals surface area contributed by atoms with Crippen molar-refractivity contribution >= 4 is 0 Å². The molecule has 2 saturated heterocycles. The molecule has 0 spiro atoms. The van der Waals surface area contributed by atoms with Crippen LogP contribution in [0.5, 0.6) is 0 Å². The molecule has 62 valence electrons. The summed E-state index contributed by atoms with van der Waals surface area (Å²) >= 11 is 0. The van der Waals surface area contributed by atoms with Crippen molar-refractivity contribution in [3.63, 3.8) is 0 Å². The molecule has 3 nitrogen and oxygen atoms in total. The maximum Gasteiger partial charge on any atom is 0.0645 e. The number of nitrogens with zero attached hydrogens (tertiary/aromatic N) is 1. The fourth-order valence-corrected chi connectivity index (χ4v) is 2.28. The van der Waals surface area contributed by atoms with Crippen molar-refractivity contribution in [1.82, 2.24) is 4.90 Å². The standard InChI is InChI=1S/C8H14N2O/c9-8-1-6(8)2-10(5-8)7-3-11-4-7/h6-7H,1-5,9H2. The Hall–Kier alpha value is -0.120. The van der Waals surface area contributed by atoms with Gasteiger partial charge in [0.1, 0.15) is 0 Å². The fourth-order valence-electron chi connectivity index (χ4n) is 2.28. The second kappa shape index (κ2) is 1.79. The summed E-state index contributed by atoms with van der Waals surface area (Å²) < 4.78 is 5.15. The van der Waals surface area contributed by atoms with E-state index in [0.717, 1.165) is 25.7 Å². The molecule has 1 aliphatic carbocycles. The van der Waals surface area contributed by atoms with Crippen molar-refractivity contribution in [2.75, 3.05) is 26.3 Å². The molecule has 0 aromatic rings. The van der Waals surface area contributed by atoms with Crippen molar-refractivity contribution < 1.29 is 4.74 Å². The SMILES string of the molecule is NC12CC1CN(C1COC1)C2. The molecule has 0 amide bonds. The third kappa shape index (κ3) is 0.789. The molecule has 2 aliphatic heterocycles. The Labute approximate surface area is 66.5 Å². The van der Waals surface area contributed by atoms with E-state index in [2.05, 4.69) is 4.90 Å². The van der Waals surface area contributed by atoms with E-state index in [4.69, 9.17) is 10.5 Å². The van der Waals surface area contributed by atoms with Crippen LogP contribution in [0.25, 0.3) is 0 Å². The quantitative estimate of drug-likeness (QED) is 0.549. The third-order valence-electron chi connectivity index (χ3n) is 3.37. The average Bonchev–Trinajstić information content (AvgIpc) is 2.28. The first kappa shape index (κ1) is 6.40. The molecule has 11 heavy (non-hydrogen) atoms.